The van der Waals surface area contributed by atoms with Crippen molar-refractivity contribution in [1.82, 2.24) is 10.6 Å². The van der Waals surface area contributed by atoms with Crippen LogP contribution < -0.4 is 16.0 Å². The number of nitro groups is 1. The number of nitrogens with one attached hydrogen (secondary N) is 3. The van der Waals surface area contributed by atoms with Crippen LogP contribution >= 0.6 is 0 Å². The smallest absolute Gasteiger partial charge is 0.319 e. The van der Waals surface area contributed by atoms with Crippen LogP contribution in [0.2, 0.25) is 0 Å². The second kappa shape index (κ2) is 10.0. The highest BCUT2D eigenvalue weighted by Gasteiger charge is 2.21. The molecule has 0 aromatic heterocycles. The van der Waals surface area contributed by atoms with Crippen LogP contribution in [0, 0.1) is 10.1 Å². The van der Waals surface area contributed by atoms with E-state index in [1.54, 1.807) is 6.92 Å². The first-order valence-corrected chi connectivity index (χ1v) is 9.66. The van der Waals surface area contributed by atoms with Gasteiger partial charge in [-0.05, 0) is 30.2 Å². The fourth-order valence-corrected chi connectivity index (χ4v) is 3.01. The summed E-state index contributed by atoms with van der Waals surface area (Å²) in [7, 11) is 0. The van der Waals surface area contributed by atoms with E-state index >= 15 is 0 Å². The highest BCUT2D eigenvalue weighted by atomic mass is 16.6. The number of hydrogen-bond donors (Lipinski definition) is 3. The van der Waals surface area contributed by atoms with E-state index in [0.29, 0.717) is 5.69 Å². The predicted octanol–water partition coefficient (Wildman–Crippen LogP) is 4.01. The summed E-state index contributed by atoms with van der Waals surface area (Å²) in [5, 5.41) is 18.8. The zero-order valence-electron chi connectivity index (χ0n) is 16.8. The molecule has 31 heavy (non-hydrogen) atoms. The van der Waals surface area contributed by atoms with Crippen LogP contribution in [0.15, 0.2) is 84.9 Å². The number of nitrogens with zero attached hydrogens (tertiary/aromatic N) is 1. The van der Waals surface area contributed by atoms with Crippen molar-refractivity contribution in [3.05, 3.63) is 106 Å². The molecule has 0 fully saturated rings. The first-order chi connectivity index (χ1) is 14.9. The van der Waals surface area contributed by atoms with Crippen LogP contribution in [0.5, 0.6) is 0 Å². The molecule has 0 aliphatic heterocycles. The fourth-order valence-electron chi connectivity index (χ4n) is 3.01. The molecule has 0 saturated carbocycles. The summed E-state index contributed by atoms with van der Waals surface area (Å²) >= 11 is 0. The summed E-state index contributed by atoms with van der Waals surface area (Å²) in [5.41, 5.74) is 2.14. The molecule has 8 heteroatoms. The maximum absolute atomic E-state index is 12.8. The summed E-state index contributed by atoms with van der Waals surface area (Å²) < 4.78 is 0. The van der Waals surface area contributed by atoms with Crippen molar-refractivity contribution < 1.29 is 14.5 Å². The van der Waals surface area contributed by atoms with Crippen LogP contribution in [0.1, 0.15) is 24.1 Å². The second-order valence-electron chi connectivity index (χ2n) is 6.89. The minimum absolute atomic E-state index is 0.0773. The molecule has 0 aliphatic rings. The van der Waals surface area contributed by atoms with E-state index in [2.05, 4.69) is 16.0 Å². The van der Waals surface area contributed by atoms with Gasteiger partial charge in [0.2, 0.25) is 5.91 Å². The lowest BCUT2D eigenvalue weighted by Crippen LogP contribution is -2.47. The van der Waals surface area contributed by atoms with E-state index in [1.807, 2.05) is 60.7 Å². The Bertz CT molecular complexity index is 1000. The van der Waals surface area contributed by atoms with Gasteiger partial charge in [0.25, 0.3) is 5.69 Å². The van der Waals surface area contributed by atoms with E-state index in [1.165, 1.54) is 24.3 Å². The van der Waals surface area contributed by atoms with E-state index in [-0.39, 0.29) is 17.6 Å². The Kier molecular flexibility index (Phi) is 6.95. The minimum atomic E-state index is -0.812. The molecule has 1 unspecified atom stereocenters. The molecule has 3 rings (SSSR count). The number of amides is 3. The highest BCUT2D eigenvalue weighted by Crippen LogP contribution is 2.22. The van der Waals surface area contributed by atoms with Crippen LogP contribution in [-0.4, -0.2) is 22.9 Å². The molecule has 0 bridgehead atoms. The number of non-ortho nitro benzene ring substituents is 1. The van der Waals surface area contributed by atoms with Gasteiger partial charge in [-0.3, -0.25) is 14.9 Å². The molecule has 0 aliphatic carbocycles. The molecule has 0 saturated heterocycles. The number of carbonyl (C=O) groups is 2. The topological polar surface area (TPSA) is 113 Å². The molecule has 3 amide bonds. The number of urea groups is 1. The Morgan fingerprint density at radius 1 is 0.806 bits per heavy atom. The van der Waals surface area contributed by atoms with Gasteiger partial charge in [0, 0.05) is 17.8 Å². The van der Waals surface area contributed by atoms with Crippen LogP contribution in [0.4, 0.5) is 16.2 Å². The molecule has 0 spiro atoms. The summed E-state index contributed by atoms with van der Waals surface area (Å²) in [6.07, 6.45) is 0. The summed E-state index contributed by atoms with van der Waals surface area (Å²) in [6.45, 7) is 1.58. The molecule has 0 heterocycles. The number of nitro benzene ring substituents is 1. The van der Waals surface area contributed by atoms with Gasteiger partial charge in [0.15, 0.2) is 0 Å². The predicted molar refractivity (Wildman–Crippen MR) is 118 cm³/mol. The summed E-state index contributed by atoms with van der Waals surface area (Å²) in [5.74, 6) is -0.350. The third-order valence-electron chi connectivity index (χ3n) is 4.63. The number of rotatable bonds is 7. The molecule has 8 nitrogen and oxygen atoms in total. The Morgan fingerprint density at radius 3 is 1.81 bits per heavy atom. The third-order valence-corrected chi connectivity index (χ3v) is 4.63. The Hall–Kier alpha value is -4.20. The lowest BCUT2D eigenvalue weighted by molar-refractivity contribution is -0.384. The number of carbonyl (C=O) groups excluding carboxylic acids is 2. The lowest BCUT2D eigenvalue weighted by atomic mass is 9.98. The van der Waals surface area contributed by atoms with Crippen LogP contribution in [-0.2, 0) is 4.79 Å². The number of anilines is 1. The number of hydrogen-bond acceptors (Lipinski definition) is 4. The molecule has 3 aromatic rings. The second-order valence-corrected chi connectivity index (χ2v) is 6.89. The molecular weight excluding hydrogens is 396 g/mol. The van der Waals surface area contributed by atoms with Gasteiger partial charge < -0.3 is 16.0 Å². The maximum Gasteiger partial charge on any atom is 0.319 e. The number of benzene rings is 3. The fraction of sp³-hybridized carbons (Fsp3) is 0.130. The molecule has 158 valence electrons. The van der Waals surface area contributed by atoms with E-state index in [9.17, 15) is 19.7 Å². The quantitative estimate of drug-likeness (QED) is 0.397. The van der Waals surface area contributed by atoms with Crippen molar-refractivity contribution in [2.45, 2.75) is 19.0 Å². The molecule has 0 radical (unpaired) electrons. The summed E-state index contributed by atoms with van der Waals surface area (Å²) in [6, 6.07) is 22.8. The van der Waals surface area contributed by atoms with Crippen molar-refractivity contribution in [2.24, 2.45) is 0 Å². The monoisotopic (exact) mass is 418 g/mol. The van der Waals surface area contributed by atoms with Crippen molar-refractivity contribution in [1.29, 1.82) is 0 Å². The Morgan fingerprint density at radius 2 is 1.32 bits per heavy atom. The van der Waals surface area contributed by atoms with Gasteiger partial charge in [-0.15, -0.1) is 0 Å². The van der Waals surface area contributed by atoms with Gasteiger partial charge in [-0.1, -0.05) is 60.7 Å². The summed E-state index contributed by atoms with van der Waals surface area (Å²) in [4.78, 5) is 35.2. The van der Waals surface area contributed by atoms with E-state index in [4.69, 9.17) is 0 Å². The zero-order valence-corrected chi connectivity index (χ0v) is 16.8. The molecule has 1 atom stereocenters. The minimum Gasteiger partial charge on any atom is -0.343 e. The SMILES string of the molecule is CC(NC(=O)Nc1ccc([N+](=O)[O-])cc1)C(=O)NC(c1ccccc1)c1ccccc1. The normalized spacial score (nSPS) is 11.4. The molecule has 3 N–H and O–H groups in total. The standard InChI is InChI=1S/C23H22N4O4/c1-16(24-23(29)25-19-12-14-20(15-13-19)27(30)31)22(28)26-21(17-8-4-2-5-9-17)18-10-6-3-7-11-18/h2-16,21H,1H3,(H,26,28)(H2,24,25,29). The third kappa shape index (κ3) is 5.89. The van der Waals surface area contributed by atoms with Crippen molar-refractivity contribution in [3.63, 3.8) is 0 Å². The van der Waals surface area contributed by atoms with E-state index < -0.39 is 17.0 Å². The van der Waals surface area contributed by atoms with Crippen molar-refractivity contribution >= 4 is 23.3 Å². The van der Waals surface area contributed by atoms with Crippen molar-refractivity contribution in [3.8, 4) is 0 Å². The zero-order chi connectivity index (χ0) is 22.2. The van der Waals surface area contributed by atoms with Gasteiger partial charge in [0.1, 0.15) is 6.04 Å². The lowest BCUT2D eigenvalue weighted by Gasteiger charge is -2.22. The molecule has 3 aromatic carbocycles. The molecular formula is C23H22N4O4. The first kappa shape index (κ1) is 21.5. The van der Waals surface area contributed by atoms with E-state index in [0.717, 1.165) is 11.1 Å². The van der Waals surface area contributed by atoms with Crippen molar-refractivity contribution in [2.75, 3.05) is 5.32 Å². The average Bonchev–Trinajstić information content (AvgIpc) is 2.78. The maximum atomic E-state index is 12.8. The Balaban J connectivity index is 1.64. The Labute approximate surface area is 179 Å². The largest absolute Gasteiger partial charge is 0.343 e. The average molecular weight is 418 g/mol. The van der Waals surface area contributed by atoms with Crippen LogP contribution in [0.25, 0.3) is 0 Å². The first-order valence-electron chi connectivity index (χ1n) is 9.66. The van der Waals surface area contributed by atoms with Gasteiger partial charge >= 0.3 is 6.03 Å². The van der Waals surface area contributed by atoms with Gasteiger partial charge in [0.05, 0.1) is 11.0 Å². The highest BCUT2D eigenvalue weighted by molar-refractivity contribution is 5.93. The van der Waals surface area contributed by atoms with Gasteiger partial charge in [-0.25, -0.2) is 4.79 Å². The van der Waals surface area contributed by atoms with Crippen LogP contribution in [0.3, 0.4) is 0 Å². The van der Waals surface area contributed by atoms with Gasteiger partial charge in [-0.2, -0.15) is 0 Å².